The van der Waals surface area contributed by atoms with E-state index in [-0.39, 0.29) is 0 Å². The van der Waals surface area contributed by atoms with Crippen LogP contribution in [0.2, 0.25) is 0 Å². The lowest BCUT2D eigenvalue weighted by atomic mass is 10.0. The molecule has 1 aliphatic carbocycles. The number of aldehydes is 1. The smallest absolute Gasteiger partial charge is 0.179 e. The van der Waals surface area contributed by atoms with Crippen LogP contribution in [0.15, 0.2) is 12.4 Å². The summed E-state index contributed by atoms with van der Waals surface area (Å²) in [5.74, 6) is 0.493. The van der Waals surface area contributed by atoms with Crippen molar-refractivity contribution >= 4 is 11.9 Å². The minimum Gasteiger partial charge on any atom is -0.298 e. The third kappa shape index (κ3) is 1.39. The molecule has 0 aliphatic heterocycles. The van der Waals surface area contributed by atoms with Crippen LogP contribution < -0.4 is 0 Å². The van der Waals surface area contributed by atoms with Gasteiger partial charge in [0.25, 0.3) is 0 Å². The van der Waals surface area contributed by atoms with Gasteiger partial charge in [-0.2, -0.15) is 0 Å². The molecule has 1 saturated carbocycles. The Kier molecular flexibility index (Phi) is 2.16. The first-order valence-corrected chi connectivity index (χ1v) is 5.54. The van der Waals surface area contributed by atoms with Crippen molar-refractivity contribution in [1.82, 2.24) is 19.8 Å². The summed E-state index contributed by atoms with van der Waals surface area (Å²) in [7, 11) is 0. The SMILES string of the molecule is O=Cc1cnc2c(C3CCCC3)nnn2c1. The quantitative estimate of drug-likeness (QED) is 0.715. The summed E-state index contributed by atoms with van der Waals surface area (Å²) < 4.78 is 1.59. The lowest BCUT2D eigenvalue weighted by Gasteiger charge is -2.03. The molecular formula is C11H12N4O. The number of rotatable bonds is 2. The highest BCUT2D eigenvalue weighted by Crippen LogP contribution is 2.34. The zero-order chi connectivity index (χ0) is 11.0. The second-order valence-electron chi connectivity index (χ2n) is 4.23. The number of hydrogen-bond donors (Lipinski definition) is 0. The van der Waals surface area contributed by atoms with Crippen LogP contribution in [0.4, 0.5) is 0 Å². The monoisotopic (exact) mass is 216 g/mol. The number of aromatic nitrogens is 4. The maximum atomic E-state index is 10.6. The van der Waals surface area contributed by atoms with E-state index in [0.29, 0.717) is 11.5 Å². The fraction of sp³-hybridized carbons (Fsp3) is 0.455. The predicted molar refractivity (Wildman–Crippen MR) is 57.4 cm³/mol. The first-order valence-electron chi connectivity index (χ1n) is 5.54. The molecule has 0 unspecified atom stereocenters. The third-order valence-electron chi connectivity index (χ3n) is 3.18. The zero-order valence-electron chi connectivity index (χ0n) is 8.83. The normalized spacial score (nSPS) is 17.0. The van der Waals surface area contributed by atoms with Gasteiger partial charge in [0.15, 0.2) is 11.9 Å². The van der Waals surface area contributed by atoms with Crippen molar-refractivity contribution in [3.8, 4) is 0 Å². The average Bonchev–Trinajstić information content (AvgIpc) is 2.96. The van der Waals surface area contributed by atoms with E-state index >= 15 is 0 Å². The van der Waals surface area contributed by atoms with E-state index in [1.165, 1.54) is 25.7 Å². The molecule has 0 amide bonds. The lowest BCUT2D eigenvalue weighted by Crippen LogP contribution is -1.97. The van der Waals surface area contributed by atoms with E-state index in [9.17, 15) is 4.79 Å². The highest BCUT2D eigenvalue weighted by molar-refractivity contribution is 5.74. The molecule has 2 heterocycles. The number of hydrogen-bond acceptors (Lipinski definition) is 4. The Labute approximate surface area is 92.5 Å². The fourth-order valence-corrected chi connectivity index (χ4v) is 2.35. The van der Waals surface area contributed by atoms with Gasteiger partial charge < -0.3 is 0 Å². The van der Waals surface area contributed by atoms with E-state index in [2.05, 4.69) is 15.3 Å². The summed E-state index contributed by atoms with van der Waals surface area (Å²) in [6.45, 7) is 0. The van der Waals surface area contributed by atoms with Crippen molar-refractivity contribution in [1.29, 1.82) is 0 Å². The highest BCUT2D eigenvalue weighted by Gasteiger charge is 2.22. The average molecular weight is 216 g/mol. The molecule has 3 rings (SSSR count). The van der Waals surface area contributed by atoms with Gasteiger partial charge in [0.05, 0.1) is 5.56 Å². The number of carbonyl (C=O) groups is 1. The summed E-state index contributed by atoms with van der Waals surface area (Å²) in [4.78, 5) is 14.9. The molecule has 1 fully saturated rings. The van der Waals surface area contributed by atoms with Crippen LogP contribution in [0.5, 0.6) is 0 Å². The number of fused-ring (bicyclic) bond motifs is 1. The molecular weight excluding hydrogens is 204 g/mol. The van der Waals surface area contributed by atoms with Crippen LogP contribution in [-0.4, -0.2) is 26.1 Å². The van der Waals surface area contributed by atoms with Crippen molar-refractivity contribution in [2.75, 3.05) is 0 Å². The Balaban J connectivity index is 2.09. The van der Waals surface area contributed by atoms with Gasteiger partial charge in [-0.3, -0.25) is 4.79 Å². The lowest BCUT2D eigenvalue weighted by molar-refractivity contribution is 0.112. The zero-order valence-corrected chi connectivity index (χ0v) is 8.83. The molecule has 2 aromatic heterocycles. The number of nitrogens with zero attached hydrogens (tertiary/aromatic N) is 4. The number of carbonyl (C=O) groups excluding carboxylic acids is 1. The van der Waals surface area contributed by atoms with Gasteiger partial charge in [0, 0.05) is 18.3 Å². The van der Waals surface area contributed by atoms with E-state index < -0.39 is 0 Å². The van der Waals surface area contributed by atoms with Gasteiger partial charge in [-0.1, -0.05) is 18.1 Å². The Morgan fingerprint density at radius 3 is 2.94 bits per heavy atom. The molecule has 82 valence electrons. The maximum absolute atomic E-state index is 10.6. The third-order valence-corrected chi connectivity index (χ3v) is 3.18. The molecule has 0 aromatic carbocycles. The summed E-state index contributed by atoms with van der Waals surface area (Å²) in [6, 6.07) is 0. The largest absolute Gasteiger partial charge is 0.298 e. The van der Waals surface area contributed by atoms with Crippen LogP contribution in [0, 0.1) is 0 Å². The molecule has 5 nitrogen and oxygen atoms in total. The molecule has 0 radical (unpaired) electrons. The van der Waals surface area contributed by atoms with Crippen molar-refractivity contribution < 1.29 is 4.79 Å². The van der Waals surface area contributed by atoms with E-state index in [1.807, 2.05) is 0 Å². The van der Waals surface area contributed by atoms with Crippen molar-refractivity contribution in [3.05, 3.63) is 23.7 Å². The summed E-state index contributed by atoms with van der Waals surface area (Å²) in [5.41, 5.74) is 2.29. The first kappa shape index (κ1) is 9.45. The van der Waals surface area contributed by atoms with Gasteiger partial charge in [0.2, 0.25) is 0 Å². The highest BCUT2D eigenvalue weighted by atomic mass is 16.1. The van der Waals surface area contributed by atoms with E-state index in [4.69, 9.17) is 0 Å². The van der Waals surface area contributed by atoms with Crippen molar-refractivity contribution in [2.24, 2.45) is 0 Å². The molecule has 16 heavy (non-hydrogen) atoms. The molecule has 2 aromatic rings. The second kappa shape index (κ2) is 3.66. The Morgan fingerprint density at radius 1 is 1.38 bits per heavy atom. The fourth-order valence-electron chi connectivity index (χ4n) is 2.35. The topological polar surface area (TPSA) is 60.2 Å². The molecule has 5 heteroatoms. The molecule has 0 bridgehead atoms. The van der Waals surface area contributed by atoms with Gasteiger partial charge >= 0.3 is 0 Å². The standard InChI is InChI=1S/C11H12N4O/c16-7-8-5-12-11-10(9-3-1-2-4-9)13-14-15(11)6-8/h5-7,9H,1-4H2. The van der Waals surface area contributed by atoms with Crippen molar-refractivity contribution in [2.45, 2.75) is 31.6 Å². The first-order chi connectivity index (χ1) is 7.88. The summed E-state index contributed by atoms with van der Waals surface area (Å²) in [5, 5.41) is 8.20. The minimum atomic E-state index is 0.493. The van der Waals surface area contributed by atoms with Gasteiger partial charge in [-0.15, -0.1) is 5.10 Å². The Hall–Kier alpha value is -1.78. The second-order valence-corrected chi connectivity index (χ2v) is 4.23. The minimum absolute atomic E-state index is 0.493. The van der Waals surface area contributed by atoms with Crippen LogP contribution >= 0.6 is 0 Å². The molecule has 0 saturated heterocycles. The van der Waals surface area contributed by atoms with Gasteiger partial charge in [-0.25, -0.2) is 9.50 Å². The summed E-state index contributed by atoms with van der Waals surface area (Å²) >= 11 is 0. The predicted octanol–water partition coefficient (Wildman–Crippen LogP) is 1.59. The van der Waals surface area contributed by atoms with Crippen molar-refractivity contribution in [3.63, 3.8) is 0 Å². The van der Waals surface area contributed by atoms with Gasteiger partial charge in [0.1, 0.15) is 5.69 Å². The molecule has 0 atom stereocenters. The maximum Gasteiger partial charge on any atom is 0.179 e. The molecule has 0 N–H and O–H groups in total. The van der Waals surface area contributed by atoms with E-state index in [1.54, 1.807) is 16.9 Å². The van der Waals surface area contributed by atoms with Gasteiger partial charge in [-0.05, 0) is 12.8 Å². The Bertz CT molecular complexity index is 528. The van der Waals surface area contributed by atoms with Crippen LogP contribution in [0.1, 0.15) is 47.7 Å². The summed E-state index contributed by atoms with van der Waals surface area (Å²) in [6.07, 6.45) is 8.87. The van der Waals surface area contributed by atoms with Crippen LogP contribution in [-0.2, 0) is 0 Å². The Morgan fingerprint density at radius 2 is 2.19 bits per heavy atom. The molecule has 1 aliphatic rings. The van der Waals surface area contributed by atoms with E-state index in [0.717, 1.165) is 17.6 Å². The van der Waals surface area contributed by atoms with Crippen LogP contribution in [0.3, 0.4) is 0 Å². The van der Waals surface area contributed by atoms with Crippen LogP contribution in [0.25, 0.3) is 5.65 Å². The molecule has 0 spiro atoms.